The Kier molecular flexibility index (Phi) is 5.56. The highest BCUT2D eigenvalue weighted by Crippen LogP contribution is 2.22. The van der Waals surface area contributed by atoms with Crippen LogP contribution in [0.25, 0.3) is 0 Å². The van der Waals surface area contributed by atoms with Crippen LogP contribution in [0.1, 0.15) is 35.4 Å². The maximum absolute atomic E-state index is 12.3. The molecule has 2 heterocycles. The third-order valence-electron chi connectivity index (χ3n) is 4.52. The summed E-state index contributed by atoms with van der Waals surface area (Å²) in [4.78, 5) is 25.7. The molecule has 0 bridgehead atoms. The largest absolute Gasteiger partial charge is 0.468 e. The van der Waals surface area contributed by atoms with Crippen molar-refractivity contribution < 1.29 is 22.4 Å². The lowest BCUT2D eigenvalue weighted by molar-refractivity contribution is -0.134. The Morgan fingerprint density at radius 3 is 2.42 bits per heavy atom. The van der Waals surface area contributed by atoms with Crippen molar-refractivity contribution in [2.45, 2.75) is 30.3 Å². The summed E-state index contributed by atoms with van der Waals surface area (Å²) in [7, 11) is -3.32. The van der Waals surface area contributed by atoms with E-state index in [1.807, 2.05) is 18.2 Å². The molecule has 1 amide bonds. The first kappa shape index (κ1) is 18.4. The predicted octanol–water partition coefficient (Wildman–Crippen LogP) is 2.46. The molecule has 0 spiro atoms. The average molecular weight is 375 g/mol. The van der Waals surface area contributed by atoms with Crippen LogP contribution in [-0.2, 0) is 20.4 Å². The molecule has 1 aromatic carbocycles. The van der Waals surface area contributed by atoms with Gasteiger partial charge >= 0.3 is 0 Å². The number of amides is 1. The van der Waals surface area contributed by atoms with Crippen molar-refractivity contribution >= 4 is 21.5 Å². The summed E-state index contributed by atoms with van der Waals surface area (Å²) in [6.45, 7) is 0.434. The van der Waals surface area contributed by atoms with E-state index in [1.54, 1.807) is 24.3 Å². The van der Waals surface area contributed by atoms with Crippen molar-refractivity contribution in [1.82, 2.24) is 4.90 Å². The predicted molar refractivity (Wildman–Crippen MR) is 96.3 cm³/mol. The van der Waals surface area contributed by atoms with Gasteiger partial charge in [0.05, 0.1) is 11.5 Å². The highest BCUT2D eigenvalue weighted by atomic mass is 32.2. The molecular formula is C19H21NO5S. The average Bonchev–Trinajstić information content (AvgIpc) is 3.06. The molecule has 0 saturated carbocycles. The van der Waals surface area contributed by atoms with Crippen molar-refractivity contribution in [3.05, 3.63) is 60.1 Å². The van der Waals surface area contributed by atoms with E-state index >= 15 is 0 Å². The maximum Gasteiger partial charge on any atom is 0.222 e. The summed E-state index contributed by atoms with van der Waals surface area (Å²) < 4.78 is 29.6. The van der Waals surface area contributed by atoms with Crippen molar-refractivity contribution in [2.75, 3.05) is 13.1 Å². The molecule has 0 radical (unpaired) electrons. The second-order valence-electron chi connectivity index (χ2n) is 6.45. The van der Waals surface area contributed by atoms with E-state index in [2.05, 4.69) is 0 Å². The van der Waals surface area contributed by atoms with Gasteiger partial charge in [0, 0.05) is 31.5 Å². The number of carbonyl (C=O) groups is 2. The van der Waals surface area contributed by atoms with Crippen LogP contribution in [0.2, 0.25) is 0 Å². The quantitative estimate of drug-likeness (QED) is 0.662. The van der Waals surface area contributed by atoms with Gasteiger partial charge in [-0.1, -0.05) is 30.3 Å². The van der Waals surface area contributed by atoms with Crippen LogP contribution in [-0.4, -0.2) is 43.3 Å². The lowest BCUT2D eigenvalue weighted by atomic mass is 10.0. The van der Waals surface area contributed by atoms with E-state index in [0.29, 0.717) is 24.2 Å². The molecule has 138 valence electrons. The Morgan fingerprint density at radius 1 is 1.04 bits per heavy atom. The van der Waals surface area contributed by atoms with Crippen LogP contribution in [0.15, 0.2) is 53.1 Å². The van der Waals surface area contributed by atoms with E-state index in [-0.39, 0.29) is 37.0 Å². The standard InChI is InChI=1S/C19H21NO5S/c21-18(15-6-2-1-3-7-15)9-4-10-19(22)20-12-17(13-20)26(23,24)14-16-8-5-11-25-16/h1-3,5-8,11,17H,4,9-10,12-14H2. The van der Waals surface area contributed by atoms with Crippen LogP contribution in [0.5, 0.6) is 0 Å². The monoisotopic (exact) mass is 375 g/mol. The van der Waals surface area contributed by atoms with Gasteiger partial charge < -0.3 is 9.32 Å². The molecule has 7 heteroatoms. The van der Waals surface area contributed by atoms with Crippen LogP contribution < -0.4 is 0 Å². The van der Waals surface area contributed by atoms with Crippen molar-refractivity contribution in [3.8, 4) is 0 Å². The summed E-state index contributed by atoms with van der Waals surface area (Å²) in [5.74, 6) is 0.184. The highest BCUT2D eigenvalue weighted by Gasteiger charge is 2.39. The minimum Gasteiger partial charge on any atom is -0.468 e. The number of Topliss-reactive ketones (excluding diaryl/α,β-unsaturated/α-hetero) is 1. The van der Waals surface area contributed by atoms with E-state index in [4.69, 9.17) is 4.42 Å². The Hall–Kier alpha value is -2.41. The Morgan fingerprint density at radius 2 is 1.77 bits per heavy atom. The topological polar surface area (TPSA) is 84.7 Å². The minimum absolute atomic E-state index is 0.0147. The molecule has 0 atom stereocenters. The smallest absolute Gasteiger partial charge is 0.222 e. The molecule has 26 heavy (non-hydrogen) atoms. The summed E-state index contributed by atoms with van der Waals surface area (Å²) in [6, 6.07) is 12.3. The zero-order chi connectivity index (χ0) is 18.6. The molecule has 0 unspecified atom stereocenters. The summed E-state index contributed by atoms with van der Waals surface area (Å²) >= 11 is 0. The maximum atomic E-state index is 12.3. The Bertz CT molecular complexity index is 853. The number of benzene rings is 1. The van der Waals surface area contributed by atoms with Gasteiger partial charge in [0.25, 0.3) is 0 Å². The number of likely N-dealkylation sites (tertiary alicyclic amines) is 1. The van der Waals surface area contributed by atoms with Crippen LogP contribution >= 0.6 is 0 Å². The lowest BCUT2D eigenvalue weighted by Gasteiger charge is -2.38. The fraction of sp³-hybridized carbons (Fsp3) is 0.368. The molecule has 0 N–H and O–H groups in total. The molecule has 3 rings (SSSR count). The van der Waals surface area contributed by atoms with E-state index in [0.717, 1.165) is 0 Å². The fourth-order valence-corrected chi connectivity index (χ4v) is 4.52. The molecule has 2 aromatic rings. The van der Waals surface area contributed by atoms with Crippen molar-refractivity contribution in [2.24, 2.45) is 0 Å². The van der Waals surface area contributed by atoms with Gasteiger partial charge in [-0.25, -0.2) is 8.42 Å². The van der Waals surface area contributed by atoms with E-state index in [1.165, 1.54) is 11.2 Å². The fourth-order valence-electron chi connectivity index (χ4n) is 2.91. The molecule has 1 saturated heterocycles. The van der Waals surface area contributed by atoms with Crippen LogP contribution in [0.4, 0.5) is 0 Å². The minimum atomic E-state index is -3.32. The molecule has 1 aliphatic heterocycles. The first-order valence-corrected chi connectivity index (χ1v) is 10.3. The Balaban J connectivity index is 1.40. The number of hydrogen-bond acceptors (Lipinski definition) is 5. The first-order chi connectivity index (χ1) is 12.5. The Labute approximate surface area is 152 Å². The van der Waals surface area contributed by atoms with E-state index in [9.17, 15) is 18.0 Å². The third kappa shape index (κ3) is 4.40. The molecule has 1 aromatic heterocycles. The third-order valence-corrected chi connectivity index (χ3v) is 6.52. The molecule has 1 fully saturated rings. The van der Waals surface area contributed by atoms with Gasteiger partial charge in [-0.05, 0) is 18.6 Å². The van der Waals surface area contributed by atoms with Crippen LogP contribution in [0.3, 0.4) is 0 Å². The molecule has 6 nitrogen and oxygen atoms in total. The molecule has 0 aliphatic carbocycles. The van der Waals surface area contributed by atoms with Crippen molar-refractivity contribution in [3.63, 3.8) is 0 Å². The zero-order valence-corrected chi connectivity index (χ0v) is 15.2. The van der Waals surface area contributed by atoms with E-state index < -0.39 is 15.1 Å². The van der Waals surface area contributed by atoms with Gasteiger partial charge in [-0.2, -0.15) is 0 Å². The number of carbonyl (C=O) groups excluding carboxylic acids is 2. The van der Waals surface area contributed by atoms with Gasteiger partial charge in [0.2, 0.25) is 5.91 Å². The van der Waals surface area contributed by atoms with Gasteiger partial charge in [0.1, 0.15) is 11.5 Å². The number of nitrogens with zero attached hydrogens (tertiary/aromatic N) is 1. The lowest BCUT2D eigenvalue weighted by Crippen LogP contribution is -2.57. The number of furan rings is 1. The van der Waals surface area contributed by atoms with Gasteiger partial charge in [0.15, 0.2) is 15.6 Å². The molecular weight excluding hydrogens is 354 g/mol. The van der Waals surface area contributed by atoms with Crippen LogP contribution in [0, 0.1) is 0 Å². The van der Waals surface area contributed by atoms with Gasteiger partial charge in [-0.15, -0.1) is 0 Å². The number of sulfone groups is 1. The normalized spacial score (nSPS) is 14.8. The highest BCUT2D eigenvalue weighted by molar-refractivity contribution is 7.91. The summed E-state index contributed by atoms with van der Waals surface area (Å²) in [6.07, 6.45) is 2.47. The zero-order valence-electron chi connectivity index (χ0n) is 14.3. The first-order valence-electron chi connectivity index (χ1n) is 8.56. The summed E-state index contributed by atoms with van der Waals surface area (Å²) in [5, 5.41) is -0.539. The van der Waals surface area contributed by atoms with Crippen molar-refractivity contribution in [1.29, 1.82) is 0 Å². The number of rotatable bonds is 8. The second-order valence-corrected chi connectivity index (χ2v) is 8.73. The molecule has 1 aliphatic rings. The SMILES string of the molecule is O=C(CCCC(=O)N1CC(S(=O)(=O)Cc2ccco2)C1)c1ccccc1. The second kappa shape index (κ2) is 7.86. The number of ketones is 1. The number of hydrogen-bond donors (Lipinski definition) is 0. The summed E-state index contributed by atoms with van der Waals surface area (Å²) in [5.41, 5.74) is 0.646. The van der Waals surface area contributed by atoms with Gasteiger partial charge in [-0.3, -0.25) is 9.59 Å².